The Morgan fingerprint density at radius 1 is 1.42 bits per heavy atom. The molecular weight excluding hydrogens is 180 g/mol. The molecule has 0 bridgehead atoms. The number of carbonyl (C=O) groups excluding carboxylic acids is 1. The molecule has 0 amide bonds. The molecule has 0 aliphatic carbocycles. The minimum absolute atomic E-state index is 0.0848. The van der Waals surface area contributed by atoms with Gasteiger partial charge in [-0.05, 0) is 6.08 Å². The molecule has 0 aromatic rings. The van der Waals surface area contributed by atoms with Crippen molar-refractivity contribution in [3.8, 4) is 0 Å². The number of hydrogen-bond donors (Lipinski definition) is 0. The fraction of sp³-hybridized carbons (Fsp3) is 0.500. The van der Waals surface area contributed by atoms with Gasteiger partial charge in [0.15, 0.2) is 6.67 Å². The van der Waals surface area contributed by atoms with Gasteiger partial charge < -0.3 is 4.74 Å². The van der Waals surface area contributed by atoms with Crippen LogP contribution in [0, 0.1) is 0 Å². The van der Waals surface area contributed by atoms with Crippen molar-refractivity contribution in [2.24, 2.45) is 0 Å². The van der Waals surface area contributed by atoms with Gasteiger partial charge in [0, 0.05) is 6.08 Å². The minimum atomic E-state index is -4.43. The molecule has 0 fully saturated rings. The molecule has 0 saturated carbocycles. The summed E-state index contributed by atoms with van der Waals surface area (Å²) >= 11 is 0. The third kappa shape index (κ3) is 7.04. The SMILES string of the molecule is O=C(CF)OC/C=C/C(F)(F)F. The van der Waals surface area contributed by atoms with E-state index in [0.717, 1.165) is 0 Å². The quantitative estimate of drug-likeness (QED) is 0.380. The van der Waals surface area contributed by atoms with Gasteiger partial charge in [-0.3, -0.25) is 0 Å². The van der Waals surface area contributed by atoms with Crippen LogP contribution in [0.5, 0.6) is 0 Å². The zero-order valence-corrected chi connectivity index (χ0v) is 5.90. The largest absolute Gasteiger partial charge is 0.460 e. The van der Waals surface area contributed by atoms with E-state index in [4.69, 9.17) is 0 Å². The zero-order chi connectivity index (χ0) is 9.61. The van der Waals surface area contributed by atoms with Crippen molar-refractivity contribution in [1.82, 2.24) is 0 Å². The highest BCUT2D eigenvalue weighted by molar-refractivity contribution is 5.70. The highest BCUT2D eigenvalue weighted by atomic mass is 19.4. The molecule has 0 aliphatic rings. The van der Waals surface area contributed by atoms with Crippen LogP contribution < -0.4 is 0 Å². The van der Waals surface area contributed by atoms with Crippen LogP contribution in [0.4, 0.5) is 17.6 Å². The summed E-state index contributed by atoms with van der Waals surface area (Å²) in [5.41, 5.74) is 0. The van der Waals surface area contributed by atoms with Gasteiger partial charge in [0.05, 0.1) is 0 Å². The molecule has 0 aromatic carbocycles. The van der Waals surface area contributed by atoms with Crippen molar-refractivity contribution in [2.45, 2.75) is 6.18 Å². The Bertz CT molecular complexity index is 173. The lowest BCUT2D eigenvalue weighted by Gasteiger charge is -1.98. The highest BCUT2D eigenvalue weighted by Crippen LogP contribution is 2.15. The van der Waals surface area contributed by atoms with Crippen LogP contribution in [0.2, 0.25) is 0 Å². The van der Waals surface area contributed by atoms with E-state index in [1.165, 1.54) is 0 Å². The summed E-state index contributed by atoms with van der Waals surface area (Å²) < 4.78 is 49.4. The van der Waals surface area contributed by atoms with Crippen LogP contribution in [0.25, 0.3) is 0 Å². The van der Waals surface area contributed by atoms with Gasteiger partial charge in [-0.2, -0.15) is 13.2 Å². The summed E-state index contributed by atoms with van der Waals surface area (Å²) in [5.74, 6) is -1.18. The number of alkyl halides is 4. The van der Waals surface area contributed by atoms with E-state index in [1.807, 2.05) is 0 Å². The fourth-order valence-electron chi connectivity index (χ4n) is 0.361. The Kier molecular flexibility index (Phi) is 4.31. The maximum absolute atomic E-state index is 11.4. The molecule has 2 nitrogen and oxygen atoms in total. The van der Waals surface area contributed by atoms with E-state index in [1.54, 1.807) is 0 Å². The van der Waals surface area contributed by atoms with Crippen LogP contribution in [0.1, 0.15) is 0 Å². The first kappa shape index (κ1) is 10.9. The van der Waals surface area contributed by atoms with Gasteiger partial charge in [0.1, 0.15) is 6.61 Å². The Hall–Kier alpha value is -1.07. The monoisotopic (exact) mass is 186 g/mol. The molecule has 0 heterocycles. The summed E-state index contributed by atoms with van der Waals surface area (Å²) in [4.78, 5) is 10.0. The Morgan fingerprint density at radius 2 is 2.00 bits per heavy atom. The summed E-state index contributed by atoms with van der Waals surface area (Å²) in [7, 11) is 0. The number of esters is 1. The highest BCUT2D eigenvalue weighted by Gasteiger charge is 2.21. The van der Waals surface area contributed by atoms with Gasteiger partial charge in [-0.15, -0.1) is 0 Å². The Labute approximate surface area is 65.8 Å². The molecule has 0 rings (SSSR count). The average molecular weight is 186 g/mol. The number of allylic oxidation sites excluding steroid dienone is 1. The lowest BCUT2D eigenvalue weighted by atomic mass is 10.5. The fourth-order valence-corrected chi connectivity index (χ4v) is 0.361. The molecular formula is C6H6F4O2. The van der Waals surface area contributed by atoms with Gasteiger partial charge in [-0.25, -0.2) is 9.18 Å². The van der Waals surface area contributed by atoms with Crippen LogP contribution in [0.3, 0.4) is 0 Å². The van der Waals surface area contributed by atoms with E-state index in [9.17, 15) is 22.4 Å². The van der Waals surface area contributed by atoms with E-state index in [0.29, 0.717) is 6.08 Å². The van der Waals surface area contributed by atoms with Crippen LogP contribution in [0.15, 0.2) is 12.2 Å². The number of ether oxygens (including phenoxy) is 1. The molecule has 0 spiro atoms. The molecule has 0 atom stereocenters. The van der Waals surface area contributed by atoms with Gasteiger partial charge in [0.25, 0.3) is 0 Å². The molecule has 0 aromatic heterocycles. The van der Waals surface area contributed by atoms with E-state index >= 15 is 0 Å². The number of rotatable bonds is 3. The van der Waals surface area contributed by atoms with Crippen molar-refractivity contribution in [2.75, 3.05) is 13.3 Å². The maximum atomic E-state index is 11.4. The van der Waals surface area contributed by atoms with Crippen LogP contribution in [-0.4, -0.2) is 25.4 Å². The topological polar surface area (TPSA) is 26.3 Å². The summed E-state index contributed by atoms with van der Waals surface area (Å²) in [6.07, 6.45) is -3.92. The Balaban J connectivity index is 3.56. The van der Waals surface area contributed by atoms with E-state index < -0.39 is 25.4 Å². The lowest BCUT2D eigenvalue weighted by Crippen LogP contribution is -2.07. The lowest BCUT2D eigenvalue weighted by molar-refractivity contribution is -0.143. The number of halogens is 4. The molecule has 12 heavy (non-hydrogen) atoms. The molecule has 0 radical (unpaired) electrons. The molecule has 0 aliphatic heterocycles. The summed E-state index contributed by atoms with van der Waals surface area (Å²) in [6.45, 7) is -1.90. The number of carbonyl (C=O) groups is 1. The molecule has 70 valence electrons. The van der Waals surface area contributed by atoms with Crippen molar-refractivity contribution in [3.05, 3.63) is 12.2 Å². The minimum Gasteiger partial charge on any atom is -0.460 e. The van der Waals surface area contributed by atoms with Crippen molar-refractivity contribution < 1.29 is 27.1 Å². The third-order valence-corrected chi connectivity index (χ3v) is 0.756. The average Bonchev–Trinajstić information content (AvgIpc) is 1.96. The second kappa shape index (κ2) is 4.74. The molecule has 0 saturated heterocycles. The smallest absolute Gasteiger partial charge is 0.409 e. The second-order valence-corrected chi connectivity index (χ2v) is 1.76. The molecule has 6 heteroatoms. The van der Waals surface area contributed by atoms with E-state index in [2.05, 4.69) is 4.74 Å². The van der Waals surface area contributed by atoms with Crippen molar-refractivity contribution in [3.63, 3.8) is 0 Å². The van der Waals surface area contributed by atoms with Crippen molar-refractivity contribution in [1.29, 1.82) is 0 Å². The Morgan fingerprint density at radius 3 is 2.42 bits per heavy atom. The van der Waals surface area contributed by atoms with Gasteiger partial charge >= 0.3 is 12.1 Å². The predicted molar refractivity (Wildman–Crippen MR) is 32.1 cm³/mol. The molecule has 0 N–H and O–H groups in total. The standard InChI is InChI=1S/C6H6F4O2/c7-4-5(11)12-3-1-2-6(8,9)10/h1-2H,3-4H2/b2-1+. The summed E-state index contributed by atoms with van der Waals surface area (Å²) in [5, 5.41) is 0. The summed E-state index contributed by atoms with van der Waals surface area (Å²) in [6, 6.07) is 0. The number of hydrogen-bond acceptors (Lipinski definition) is 2. The predicted octanol–water partition coefficient (Wildman–Crippen LogP) is 1.62. The first-order valence-electron chi connectivity index (χ1n) is 2.91. The first-order chi connectivity index (χ1) is 5.45. The third-order valence-electron chi connectivity index (χ3n) is 0.756. The van der Waals surface area contributed by atoms with Gasteiger partial charge in [-0.1, -0.05) is 0 Å². The first-order valence-corrected chi connectivity index (χ1v) is 2.91. The van der Waals surface area contributed by atoms with E-state index in [-0.39, 0.29) is 6.08 Å². The van der Waals surface area contributed by atoms with Crippen LogP contribution in [-0.2, 0) is 9.53 Å². The van der Waals surface area contributed by atoms with Crippen molar-refractivity contribution >= 4 is 5.97 Å². The van der Waals surface area contributed by atoms with Crippen LogP contribution >= 0.6 is 0 Å². The maximum Gasteiger partial charge on any atom is 0.409 e. The van der Waals surface area contributed by atoms with Gasteiger partial charge in [0.2, 0.25) is 0 Å². The normalized spacial score (nSPS) is 12.0. The second-order valence-electron chi connectivity index (χ2n) is 1.76. The zero-order valence-electron chi connectivity index (χ0n) is 5.90. The molecule has 0 unspecified atom stereocenters.